The highest BCUT2D eigenvalue weighted by Gasteiger charge is 2.35. The van der Waals surface area contributed by atoms with Crippen LogP contribution in [0.1, 0.15) is 28.8 Å². The molecule has 0 aromatic heterocycles. The van der Waals surface area contributed by atoms with Crippen LogP contribution in [0.25, 0.3) is 6.08 Å². The van der Waals surface area contributed by atoms with Gasteiger partial charge in [0.05, 0.1) is 0 Å². The molecule has 1 unspecified atom stereocenters. The fourth-order valence-corrected chi connectivity index (χ4v) is 3.08. The average Bonchev–Trinajstić information content (AvgIpc) is 3.19. The minimum atomic E-state index is -1.08. The molecule has 1 saturated heterocycles. The Balaban J connectivity index is 1.92. The Labute approximate surface area is 161 Å². The van der Waals surface area contributed by atoms with Gasteiger partial charge in [-0.25, -0.2) is 9.18 Å². The van der Waals surface area contributed by atoms with Crippen molar-refractivity contribution >= 4 is 23.9 Å². The predicted molar refractivity (Wildman–Crippen MR) is 101 cm³/mol. The quantitative estimate of drug-likeness (QED) is 0.779. The standard InChI is InChI=1S/C21H19FN2O4/c22-16-10-8-14(9-11-16)13-17(23-19(25)15-5-2-1-3-6-15)20(26)24-12-4-7-18(24)21(27)28/h1-3,5-6,8-11,13,18H,4,7,12H2,(H,23,25)(H,27,28)/b17-13+. The highest BCUT2D eigenvalue weighted by molar-refractivity contribution is 6.06. The summed E-state index contributed by atoms with van der Waals surface area (Å²) >= 11 is 0. The number of carboxylic acid groups (broad SMARTS) is 1. The smallest absolute Gasteiger partial charge is 0.326 e. The maximum atomic E-state index is 13.2. The summed E-state index contributed by atoms with van der Waals surface area (Å²) in [6.07, 6.45) is 2.34. The topological polar surface area (TPSA) is 86.7 Å². The SMILES string of the molecule is O=C(N/C(=C/c1ccc(F)cc1)C(=O)N1CCCC1C(=O)O)c1ccccc1. The molecule has 0 aliphatic carbocycles. The number of nitrogens with zero attached hydrogens (tertiary/aromatic N) is 1. The maximum absolute atomic E-state index is 13.2. The summed E-state index contributed by atoms with van der Waals surface area (Å²) in [5.74, 6) is -2.59. The van der Waals surface area contributed by atoms with Crippen LogP contribution in [0.2, 0.25) is 0 Å². The fraction of sp³-hybridized carbons (Fsp3) is 0.190. The number of carbonyl (C=O) groups excluding carboxylic acids is 2. The lowest BCUT2D eigenvalue weighted by Crippen LogP contribution is -2.44. The van der Waals surface area contributed by atoms with Gasteiger partial charge in [0.15, 0.2) is 0 Å². The summed E-state index contributed by atoms with van der Waals surface area (Å²) in [7, 11) is 0. The zero-order valence-electron chi connectivity index (χ0n) is 15.0. The molecule has 0 spiro atoms. The largest absolute Gasteiger partial charge is 0.480 e. The van der Waals surface area contributed by atoms with Gasteiger partial charge in [-0.05, 0) is 48.7 Å². The van der Waals surface area contributed by atoms with E-state index < -0.39 is 29.6 Å². The molecule has 7 heteroatoms. The van der Waals surface area contributed by atoms with E-state index in [1.807, 2.05) is 0 Å². The molecule has 6 nitrogen and oxygen atoms in total. The van der Waals surface area contributed by atoms with Gasteiger partial charge < -0.3 is 15.3 Å². The Morgan fingerprint density at radius 3 is 2.39 bits per heavy atom. The molecule has 28 heavy (non-hydrogen) atoms. The van der Waals surface area contributed by atoms with Gasteiger partial charge >= 0.3 is 5.97 Å². The molecule has 0 bridgehead atoms. The normalized spacial score (nSPS) is 16.7. The number of likely N-dealkylation sites (tertiary alicyclic amines) is 1. The van der Waals surface area contributed by atoms with Crippen molar-refractivity contribution in [3.63, 3.8) is 0 Å². The van der Waals surface area contributed by atoms with Crippen LogP contribution in [-0.2, 0) is 9.59 Å². The van der Waals surface area contributed by atoms with Gasteiger partial charge in [-0.15, -0.1) is 0 Å². The van der Waals surface area contributed by atoms with Gasteiger partial charge in [0.2, 0.25) is 0 Å². The predicted octanol–water partition coefficient (Wildman–Crippen LogP) is 2.67. The van der Waals surface area contributed by atoms with E-state index in [9.17, 15) is 23.9 Å². The van der Waals surface area contributed by atoms with Crippen LogP contribution in [0.5, 0.6) is 0 Å². The van der Waals surface area contributed by atoms with Crippen LogP contribution in [-0.4, -0.2) is 40.4 Å². The summed E-state index contributed by atoms with van der Waals surface area (Å²) in [4.78, 5) is 38.2. The number of nitrogens with one attached hydrogen (secondary N) is 1. The third-order valence-electron chi connectivity index (χ3n) is 4.49. The monoisotopic (exact) mass is 382 g/mol. The molecule has 2 N–H and O–H groups in total. The number of halogens is 1. The number of hydrogen-bond acceptors (Lipinski definition) is 3. The number of carbonyl (C=O) groups is 3. The molecule has 2 aromatic carbocycles. The lowest BCUT2D eigenvalue weighted by Gasteiger charge is -2.23. The van der Waals surface area contributed by atoms with E-state index in [2.05, 4.69) is 5.32 Å². The first-order chi connectivity index (χ1) is 13.5. The Kier molecular flexibility index (Phi) is 5.84. The van der Waals surface area contributed by atoms with Crippen LogP contribution in [0, 0.1) is 5.82 Å². The van der Waals surface area contributed by atoms with E-state index in [1.54, 1.807) is 30.3 Å². The third-order valence-corrected chi connectivity index (χ3v) is 4.49. The molecule has 2 aromatic rings. The van der Waals surface area contributed by atoms with E-state index in [4.69, 9.17) is 0 Å². The molecule has 1 aliphatic rings. The van der Waals surface area contributed by atoms with Crippen molar-refractivity contribution in [2.45, 2.75) is 18.9 Å². The zero-order valence-corrected chi connectivity index (χ0v) is 15.0. The Morgan fingerprint density at radius 1 is 1.07 bits per heavy atom. The second-order valence-electron chi connectivity index (χ2n) is 6.42. The first-order valence-electron chi connectivity index (χ1n) is 8.83. The van der Waals surface area contributed by atoms with Crippen molar-refractivity contribution in [2.75, 3.05) is 6.54 Å². The highest BCUT2D eigenvalue weighted by Crippen LogP contribution is 2.20. The van der Waals surface area contributed by atoms with Crippen molar-refractivity contribution in [3.05, 3.63) is 77.2 Å². The van der Waals surface area contributed by atoms with E-state index in [0.717, 1.165) is 0 Å². The van der Waals surface area contributed by atoms with Crippen molar-refractivity contribution in [1.82, 2.24) is 10.2 Å². The first kappa shape index (κ1) is 19.3. The van der Waals surface area contributed by atoms with Gasteiger partial charge in [0, 0.05) is 12.1 Å². The lowest BCUT2D eigenvalue weighted by molar-refractivity contribution is -0.146. The number of hydrogen-bond donors (Lipinski definition) is 2. The fourth-order valence-electron chi connectivity index (χ4n) is 3.08. The van der Waals surface area contributed by atoms with Gasteiger partial charge in [-0.2, -0.15) is 0 Å². The summed E-state index contributed by atoms with van der Waals surface area (Å²) in [5, 5.41) is 11.9. The van der Waals surface area contributed by atoms with E-state index in [0.29, 0.717) is 24.0 Å². The lowest BCUT2D eigenvalue weighted by atomic mass is 10.1. The highest BCUT2D eigenvalue weighted by atomic mass is 19.1. The number of benzene rings is 2. The minimum Gasteiger partial charge on any atom is -0.480 e. The zero-order chi connectivity index (χ0) is 20.1. The summed E-state index contributed by atoms with van der Waals surface area (Å²) in [6.45, 7) is 0.289. The molecule has 1 heterocycles. The maximum Gasteiger partial charge on any atom is 0.326 e. The van der Waals surface area contributed by atoms with Crippen LogP contribution in [0.3, 0.4) is 0 Å². The summed E-state index contributed by atoms with van der Waals surface area (Å²) in [5.41, 5.74) is 0.800. The van der Waals surface area contributed by atoms with Gasteiger partial charge in [0.25, 0.3) is 11.8 Å². The van der Waals surface area contributed by atoms with Crippen LogP contribution >= 0.6 is 0 Å². The molecule has 2 amide bonds. The number of rotatable bonds is 5. The average molecular weight is 382 g/mol. The number of aliphatic carboxylic acids is 1. The molecule has 0 radical (unpaired) electrons. The molecule has 144 valence electrons. The van der Waals surface area contributed by atoms with Crippen molar-refractivity contribution in [2.24, 2.45) is 0 Å². The Hall–Kier alpha value is -3.48. The van der Waals surface area contributed by atoms with E-state index in [-0.39, 0.29) is 12.2 Å². The summed E-state index contributed by atoms with van der Waals surface area (Å²) < 4.78 is 13.2. The molecule has 1 atom stereocenters. The Morgan fingerprint density at radius 2 is 1.75 bits per heavy atom. The minimum absolute atomic E-state index is 0.0615. The van der Waals surface area contributed by atoms with Crippen LogP contribution in [0.4, 0.5) is 4.39 Å². The first-order valence-corrected chi connectivity index (χ1v) is 8.83. The summed E-state index contributed by atoms with van der Waals surface area (Å²) in [6, 6.07) is 12.8. The van der Waals surface area contributed by atoms with Crippen LogP contribution < -0.4 is 5.32 Å². The Bertz CT molecular complexity index is 910. The van der Waals surface area contributed by atoms with Gasteiger partial charge in [0.1, 0.15) is 17.6 Å². The van der Waals surface area contributed by atoms with E-state index in [1.165, 1.54) is 35.2 Å². The van der Waals surface area contributed by atoms with Gasteiger partial charge in [-0.1, -0.05) is 30.3 Å². The second kappa shape index (κ2) is 8.47. The molecular weight excluding hydrogens is 363 g/mol. The molecule has 1 aliphatic heterocycles. The molecule has 1 fully saturated rings. The molecular formula is C21H19FN2O4. The second-order valence-corrected chi connectivity index (χ2v) is 6.42. The van der Waals surface area contributed by atoms with Gasteiger partial charge in [-0.3, -0.25) is 9.59 Å². The third kappa shape index (κ3) is 4.43. The van der Waals surface area contributed by atoms with Crippen molar-refractivity contribution < 1.29 is 23.9 Å². The van der Waals surface area contributed by atoms with E-state index >= 15 is 0 Å². The van der Waals surface area contributed by atoms with Crippen LogP contribution in [0.15, 0.2) is 60.3 Å². The van der Waals surface area contributed by atoms with Crippen molar-refractivity contribution in [1.29, 1.82) is 0 Å². The molecule has 3 rings (SSSR count). The molecule has 0 saturated carbocycles. The number of amides is 2. The van der Waals surface area contributed by atoms with Crippen molar-refractivity contribution in [3.8, 4) is 0 Å². The number of carboxylic acids is 1.